The van der Waals surface area contributed by atoms with Gasteiger partial charge in [-0.1, -0.05) is 12.1 Å². The molecule has 0 saturated heterocycles. The summed E-state index contributed by atoms with van der Waals surface area (Å²) in [7, 11) is 1.74. The fourth-order valence-electron chi connectivity index (χ4n) is 5.77. The summed E-state index contributed by atoms with van der Waals surface area (Å²) in [6, 6.07) is 7.75. The number of para-hydroxylation sites is 1. The molecule has 4 bridgehead atoms. The Balaban J connectivity index is 1.27. The van der Waals surface area contributed by atoms with Crippen LogP contribution in [0.1, 0.15) is 38.5 Å². The number of thioether (sulfide) groups is 2. The van der Waals surface area contributed by atoms with E-state index < -0.39 is 0 Å². The first-order valence-electron chi connectivity index (χ1n) is 10.3. The van der Waals surface area contributed by atoms with Crippen LogP contribution in [-0.2, 0) is 9.59 Å². The molecule has 4 aliphatic rings. The van der Waals surface area contributed by atoms with E-state index in [0.717, 1.165) is 28.3 Å². The molecule has 28 heavy (non-hydrogen) atoms. The summed E-state index contributed by atoms with van der Waals surface area (Å²) in [4.78, 5) is 27.7. The summed E-state index contributed by atoms with van der Waals surface area (Å²) < 4.78 is 0.338. The molecule has 5 rings (SSSR count). The summed E-state index contributed by atoms with van der Waals surface area (Å²) in [6.07, 6.45) is 10.1. The van der Waals surface area contributed by atoms with Crippen LogP contribution in [0.2, 0.25) is 0 Å². The van der Waals surface area contributed by atoms with Gasteiger partial charge in [0.25, 0.3) is 0 Å². The van der Waals surface area contributed by atoms with Crippen molar-refractivity contribution in [2.75, 3.05) is 30.9 Å². The molecule has 0 radical (unpaired) electrons. The van der Waals surface area contributed by atoms with Crippen molar-refractivity contribution in [3.05, 3.63) is 24.3 Å². The molecule has 0 aromatic heterocycles. The molecule has 1 aromatic carbocycles. The van der Waals surface area contributed by atoms with Crippen LogP contribution in [0.3, 0.4) is 0 Å². The standard InChI is InChI=1S/C22H30N2O2S2/c1-24(13-20(25)23-18-5-3-4-6-19(18)27-2)21(26)14-28-22-10-15-7-16(11-22)9-17(8-15)12-22/h3-6,15-17H,7-14H2,1-2H3,(H,23,25). The molecule has 0 aliphatic heterocycles. The molecule has 1 N–H and O–H groups in total. The molecule has 2 amide bonds. The van der Waals surface area contributed by atoms with Crippen LogP contribution in [-0.4, -0.2) is 47.1 Å². The number of hydrogen-bond acceptors (Lipinski definition) is 4. The highest BCUT2D eigenvalue weighted by Gasteiger charge is 2.51. The number of benzene rings is 1. The van der Waals surface area contributed by atoms with Gasteiger partial charge in [0.1, 0.15) is 0 Å². The lowest BCUT2D eigenvalue weighted by atomic mass is 9.56. The number of carbonyl (C=O) groups excluding carboxylic acids is 2. The number of carbonyl (C=O) groups is 2. The number of amides is 2. The van der Waals surface area contributed by atoms with Crippen molar-refractivity contribution in [2.24, 2.45) is 17.8 Å². The van der Waals surface area contributed by atoms with Crippen molar-refractivity contribution in [3.8, 4) is 0 Å². The normalized spacial score (nSPS) is 30.3. The Morgan fingerprint density at radius 1 is 1.11 bits per heavy atom. The van der Waals surface area contributed by atoms with E-state index in [1.165, 1.54) is 38.5 Å². The van der Waals surface area contributed by atoms with Gasteiger partial charge in [-0.05, 0) is 74.7 Å². The van der Waals surface area contributed by atoms with E-state index in [1.807, 2.05) is 42.3 Å². The van der Waals surface area contributed by atoms with Gasteiger partial charge in [-0.25, -0.2) is 0 Å². The molecular weight excluding hydrogens is 388 g/mol. The molecule has 0 unspecified atom stereocenters. The predicted octanol–water partition coefficient (Wildman–Crippen LogP) is 4.51. The third kappa shape index (κ3) is 4.38. The Morgan fingerprint density at radius 3 is 2.32 bits per heavy atom. The molecule has 6 heteroatoms. The van der Waals surface area contributed by atoms with E-state index in [-0.39, 0.29) is 18.4 Å². The SMILES string of the molecule is CSc1ccccc1NC(=O)CN(C)C(=O)CSC12CC3CC(CC(C3)C1)C2. The molecule has 0 heterocycles. The number of hydrogen-bond donors (Lipinski definition) is 1. The van der Waals surface area contributed by atoms with E-state index in [0.29, 0.717) is 10.5 Å². The maximum atomic E-state index is 12.7. The highest BCUT2D eigenvalue weighted by atomic mass is 32.2. The van der Waals surface area contributed by atoms with Crippen LogP contribution >= 0.6 is 23.5 Å². The van der Waals surface area contributed by atoms with Gasteiger partial charge in [-0.15, -0.1) is 23.5 Å². The van der Waals surface area contributed by atoms with Crippen molar-refractivity contribution in [3.63, 3.8) is 0 Å². The molecule has 4 nitrogen and oxygen atoms in total. The first-order chi connectivity index (χ1) is 13.5. The van der Waals surface area contributed by atoms with Crippen molar-refractivity contribution < 1.29 is 9.59 Å². The molecule has 1 aromatic rings. The molecule has 4 fully saturated rings. The van der Waals surface area contributed by atoms with Crippen LogP contribution in [0.5, 0.6) is 0 Å². The van der Waals surface area contributed by atoms with Crippen LogP contribution in [0.4, 0.5) is 5.69 Å². The van der Waals surface area contributed by atoms with Gasteiger partial charge in [-0.2, -0.15) is 0 Å². The Morgan fingerprint density at radius 2 is 1.71 bits per heavy atom. The van der Waals surface area contributed by atoms with Gasteiger partial charge in [0.2, 0.25) is 11.8 Å². The molecule has 4 aliphatic carbocycles. The smallest absolute Gasteiger partial charge is 0.244 e. The maximum Gasteiger partial charge on any atom is 0.244 e. The Hall–Kier alpha value is -1.14. The van der Waals surface area contributed by atoms with E-state index in [9.17, 15) is 9.59 Å². The summed E-state index contributed by atoms with van der Waals surface area (Å²) in [5.41, 5.74) is 0.809. The van der Waals surface area contributed by atoms with E-state index in [4.69, 9.17) is 0 Å². The first kappa shape index (κ1) is 20.1. The Labute approximate surface area is 176 Å². The average molecular weight is 419 g/mol. The van der Waals surface area contributed by atoms with Crippen LogP contribution in [0.15, 0.2) is 29.2 Å². The van der Waals surface area contributed by atoms with Crippen molar-refractivity contribution in [2.45, 2.75) is 48.2 Å². The number of likely N-dealkylation sites (N-methyl/N-ethyl adjacent to an activating group) is 1. The zero-order valence-electron chi connectivity index (χ0n) is 16.8. The van der Waals surface area contributed by atoms with Gasteiger partial charge in [0, 0.05) is 16.7 Å². The lowest BCUT2D eigenvalue weighted by Crippen LogP contribution is -2.49. The zero-order chi connectivity index (χ0) is 19.7. The summed E-state index contributed by atoms with van der Waals surface area (Å²) >= 11 is 3.48. The topological polar surface area (TPSA) is 49.4 Å². The molecular formula is C22H30N2O2S2. The second kappa shape index (κ2) is 8.31. The zero-order valence-corrected chi connectivity index (χ0v) is 18.4. The fraction of sp³-hybridized carbons (Fsp3) is 0.636. The largest absolute Gasteiger partial charge is 0.336 e. The fourth-order valence-corrected chi connectivity index (χ4v) is 8.04. The van der Waals surface area contributed by atoms with E-state index in [1.54, 1.807) is 23.7 Å². The second-order valence-electron chi connectivity index (χ2n) is 8.89. The molecule has 4 saturated carbocycles. The minimum absolute atomic E-state index is 0.0639. The predicted molar refractivity (Wildman–Crippen MR) is 118 cm³/mol. The maximum absolute atomic E-state index is 12.7. The van der Waals surface area contributed by atoms with Gasteiger partial charge < -0.3 is 10.2 Å². The minimum Gasteiger partial charge on any atom is -0.336 e. The highest BCUT2D eigenvalue weighted by molar-refractivity contribution is 8.01. The summed E-state index contributed by atoms with van der Waals surface area (Å²) in [5, 5.41) is 2.94. The lowest BCUT2D eigenvalue weighted by molar-refractivity contribution is -0.131. The van der Waals surface area contributed by atoms with Crippen molar-refractivity contribution in [1.82, 2.24) is 4.90 Å². The first-order valence-corrected chi connectivity index (χ1v) is 12.5. The minimum atomic E-state index is -0.142. The van der Waals surface area contributed by atoms with Crippen LogP contribution < -0.4 is 5.32 Å². The van der Waals surface area contributed by atoms with Crippen molar-refractivity contribution >= 4 is 41.0 Å². The van der Waals surface area contributed by atoms with Gasteiger partial charge in [-0.3, -0.25) is 9.59 Å². The molecule has 0 atom stereocenters. The Bertz CT molecular complexity index is 717. The van der Waals surface area contributed by atoms with E-state index in [2.05, 4.69) is 5.32 Å². The monoisotopic (exact) mass is 418 g/mol. The van der Waals surface area contributed by atoms with Gasteiger partial charge >= 0.3 is 0 Å². The lowest BCUT2D eigenvalue weighted by Gasteiger charge is -2.56. The number of rotatable bonds is 7. The van der Waals surface area contributed by atoms with Gasteiger partial charge in [0.15, 0.2) is 0 Å². The number of nitrogens with zero attached hydrogens (tertiary/aromatic N) is 1. The molecule has 152 valence electrons. The third-order valence-corrected chi connectivity index (χ3v) is 8.97. The number of nitrogens with one attached hydrogen (secondary N) is 1. The Kier molecular flexibility index (Phi) is 5.98. The highest BCUT2D eigenvalue weighted by Crippen LogP contribution is 2.60. The second-order valence-corrected chi connectivity index (χ2v) is 11.2. The molecule has 0 spiro atoms. The third-order valence-electron chi connectivity index (χ3n) is 6.67. The average Bonchev–Trinajstić information content (AvgIpc) is 2.65. The number of anilines is 1. The van der Waals surface area contributed by atoms with Crippen LogP contribution in [0.25, 0.3) is 0 Å². The summed E-state index contributed by atoms with van der Waals surface area (Å²) in [6.45, 7) is 0.100. The van der Waals surface area contributed by atoms with Crippen molar-refractivity contribution in [1.29, 1.82) is 0 Å². The quantitative estimate of drug-likeness (QED) is 0.662. The van der Waals surface area contributed by atoms with E-state index >= 15 is 0 Å². The summed E-state index contributed by atoms with van der Waals surface area (Å²) in [5.74, 6) is 3.11. The van der Waals surface area contributed by atoms with Gasteiger partial charge in [0.05, 0.1) is 18.0 Å². The van der Waals surface area contributed by atoms with Crippen LogP contribution in [0, 0.1) is 17.8 Å².